The van der Waals surface area contributed by atoms with Crippen LogP contribution >= 0.6 is 0 Å². The number of nitrogens with zero attached hydrogens (tertiary/aromatic N) is 1. The van der Waals surface area contributed by atoms with E-state index in [-0.39, 0.29) is 43.3 Å². The third-order valence-corrected chi connectivity index (χ3v) is 22.1. The zero-order valence-corrected chi connectivity index (χ0v) is 50.9. The summed E-state index contributed by atoms with van der Waals surface area (Å²) in [6, 6.07) is 35.2. The smallest absolute Gasteiger partial charge is 0.197 e. The highest BCUT2D eigenvalue weighted by atomic mass is 16.3. The van der Waals surface area contributed by atoms with Crippen molar-refractivity contribution in [2.75, 3.05) is 10.2 Å². The molecule has 1 aliphatic heterocycles. The van der Waals surface area contributed by atoms with E-state index in [1.165, 1.54) is 159 Å². The third-order valence-electron chi connectivity index (χ3n) is 22.1. The average molecular weight is 1030 g/mol. The first-order valence-electron chi connectivity index (χ1n) is 30.6. The van der Waals surface area contributed by atoms with Crippen LogP contribution in [-0.4, -0.2) is 7.28 Å². The van der Waals surface area contributed by atoms with Crippen LogP contribution < -0.4 is 21.1 Å². The monoisotopic (exact) mass is 1030 g/mol. The van der Waals surface area contributed by atoms with E-state index >= 15 is 0 Å². The molecule has 1 radical (unpaired) electrons. The molecule has 78 heavy (non-hydrogen) atoms. The van der Waals surface area contributed by atoms with Gasteiger partial charge in [0.05, 0.1) is 5.69 Å². The molecule has 2 heterocycles. The molecule has 0 amide bonds. The normalized spacial score (nSPS) is 23.7. The van der Waals surface area contributed by atoms with Crippen molar-refractivity contribution < 1.29 is 4.42 Å². The van der Waals surface area contributed by atoms with E-state index in [2.05, 4.69) is 220 Å². The minimum atomic E-state index is 0.0604. The highest BCUT2D eigenvalue weighted by Crippen LogP contribution is 2.57. The fourth-order valence-corrected chi connectivity index (χ4v) is 16.1. The lowest BCUT2D eigenvalue weighted by molar-refractivity contribution is 0.332. The van der Waals surface area contributed by atoms with E-state index in [1.54, 1.807) is 0 Å². The Kier molecular flexibility index (Phi) is 11.3. The molecule has 1 fully saturated rings. The number of benzene rings is 6. The maximum atomic E-state index is 7.60. The molecule has 2 atom stereocenters. The van der Waals surface area contributed by atoms with Crippen LogP contribution in [0.4, 0.5) is 28.4 Å². The van der Waals surface area contributed by atoms with Crippen molar-refractivity contribution in [3.05, 3.63) is 135 Å². The summed E-state index contributed by atoms with van der Waals surface area (Å²) in [5.74, 6) is 1.20. The molecule has 0 saturated heterocycles. The maximum Gasteiger partial charge on any atom is 0.197 e. The van der Waals surface area contributed by atoms with E-state index in [4.69, 9.17) is 4.42 Å². The highest BCUT2D eigenvalue weighted by Gasteiger charge is 2.45. The number of hydrogen-bond acceptors (Lipinski definition) is 3. The number of anilines is 5. The summed E-state index contributed by atoms with van der Waals surface area (Å²) in [6.45, 7) is 41.8. The first kappa shape index (κ1) is 52.2. The first-order chi connectivity index (χ1) is 36.5. The number of hydrogen-bond donors (Lipinski definition) is 1. The summed E-state index contributed by atoms with van der Waals surface area (Å²) in [5, 5.41) is 6.61. The lowest BCUT2D eigenvalue weighted by Crippen LogP contribution is -2.44. The van der Waals surface area contributed by atoms with Crippen molar-refractivity contribution >= 4 is 68.6 Å². The molecule has 2 unspecified atom stereocenters. The Labute approximate surface area is 470 Å². The maximum absolute atomic E-state index is 7.60. The van der Waals surface area contributed by atoms with Crippen molar-refractivity contribution in [2.24, 2.45) is 5.92 Å². The second-order valence-electron chi connectivity index (χ2n) is 31.4. The number of rotatable bonds is 7. The standard InChI is InChI=1S/C74H90BN2O/c1-18-19-43-34-48(43)44-35-50(65-62(36-44)77(46-21-24-52-54(38-46)70(8,9)29-27-68(52,4)5)61-41-57-56(40-59(61)75-65)72(12,13)31-32-73(57,14)15)64-60(76-45-20-23-51-53(37-45)69(6,7)28-26-67(51,2)3)25-22-47-49-39-55-58(42-63(49)78-66(47)64)74(16,17)33-30-71(55,10)11/h20-25,35-43,48,76H,18-19,26-34H2,1-17H3. The van der Waals surface area contributed by atoms with Crippen LogP contribution in [0.15, 0.2) is 89.3 Å². The molecule has 1 N–H and O–H groups in total. The molecule has 13 rings (SSSR count). The van der Waals surface area contributed by atoms with Crippen LogP contribution in [0, 0.1) is 5.92 Å². The van der Waals surface area contributed by atoms with Gasteiger partial charge in [0.1, 0.15) is 11.2 Å². The van der Waals surface area contributed by atoms with E-state index < -0.39 is 0 Å². The van der Waals surface area contributed by atoms with Gasteiger partial charge in [-0.1, -0.05) is 160 Å². The summed E-state index contributed by atoms with van der Waals surface area (Å²) < 4.78 is 7.60. The Hall–Kier alpha value is -5.22. The van der Waals surface area contributed by atoms with Gasteiger partial charge in [-0.2, -0.15) is 0 Å². The molecular weight excluding hydrogens is 944 g/mol. The molecule has 5 aliphatic carbocycles. The zero-order chi connectivity index (χ0) is 55.2. The number of nitrogens with one attached hydrogen (secondary N) is 1. The van der Waals surface area contributed by atoms with Gasteiger partial charge in [-0.25, -0.2) is 0 Å². The van der Waals surface area contributed by atoms with Crippen molar-refractivity contribution in [3.8, 4) is 11.1 Å². The van der Waals surface area contributed by atoms with Crippen molar-refractivity contribution in [3.63, 3.8) is 0 Å². The molecule has 1 aromatic heterocycles. The number of furan rings is 1. The van der Waals surface area contributed by atoms with Gasteiger partial charge in [0.2, 0.25) is 0 Å². The fraction of sp³-hybridized carbons (Fsp3) is 0.514. The van der Waals surface area contributed by atoms with Gasteiger partial charge in [0.15, 0.2) is 7.28 Å². The quantitative estimate of drug-likeness (QED) is 0.161. The minimum absolute atomic E-state index is 0.0604. The predicted octanol–water partition coefficient (Wildman–Crippen LogP) is 19.7. The number of fused-ring (bicyclic) bond motifs is 9. The van der Waals surface area contributed by atoms with Crippen molar-refractivity contribution in [2.45, 2.75) is 238 Å². The van der Waals surface area contributed by atoms with E-state index in [0.717, 1.165) is 34.5 Å². The average Bonchev–Trinajstić information content (AvgIpc) is 4.12. The lowest BCUT2D eigenvalue weighted by atomic mass is 9.55. The molecule has 1 saturated carbocycles. The highest BCUT2D eigenvalue weighted by molar-refractivity contribution is 6.73. The lowest BCUT2D eigenvalue weighted by Gasteiger charge is -2.45. The van der Waals surface area contributed by atoms with Gasteiger partial charge >= 0.3 is 0 Å². The first-order valence-corrected chi connectivity index (χ1v) is 30.6. The van der Waals surface area contributed by atoms with E-state index in [1.807, 2.05) is 0 Å². The molecule has 6 aliphatic rings. The molecule has 6 aromatic carbocycles. The van der Waals surface area contributed by atoms with Crippen LogP contribution in [0.5, 0.6) is 0 Å². The van der Waals surface area contributed by atoms with Gasteiger partial charge in [-0.05, 0) is 235 Å². The molecule has 0 bridgehead atoms. The summed E-state index contributed by atoms with van der Waals surface area (Å²) in [5.41, 5.74) is 27.0. The Bertz CT molecular complexity index is 3660. The van der Waals surface area contributed by atoms with Crippen LogP contribution in [0.1, 0.15) is 244 Å². The Morgan fingerprint density at radius 3 is 1.60 bits per heavy atom. The molecule has 405 valence electrons. The van der Waals surface area contributed by atoms with Crippen LogP contribution in [0.2, 0.25) is 0 Å². The zero-order valence-electron chi connectivity index (χ0n) is 50.9. The van der Waals surface area contributed by atoms with Gasteiger partial charge in [0, 0.05) is 39.1 Å². The predicted molar refractivity (Wildman–Crippen MR) is 335 cm³/mol. The molecule has 7 aromatic rings. The topological polar surface area (TPSA) is 28.4 Å². The van der Waals surface area contributed by atoms with Crippen LogP contribution in [-0.2, 0) is 43.3 Å². The summed E-state index contributed by atoms with van der Waals surface area (Å²) >= 11 is 0. The Morgan fingerprint density at radius 2 is 1.01 bits per heavy atom. The fourth-order valence-electron chi connectivity index (χ4n) is 16.1. The van der Waals surface area contributed by atoms with Crippen molar-refractivity contribution in [1.82, 2.24) is 0 Å². The Balaban J connectivity index is 1.12. The van der Waals surface area contributed by atoms with E-state index in [9.17, 15) is 0 Å². The minimum Gasteiger partial charge on any atom is -0.455 e. The van der Waals surface area contributed by atoms with E-state index in [0.29, 0.717) is 11.8 Å². The molecule has 3 nitrogen and oxygen atoms in total. The Morgan fingerprint density at radius 1 is 0.500 bits per heavy atom. The largest absolute Gasteiger partial charge is 0.455 e. The van der Waals surface area contributed by atoms with Gasteiger partial charge in [-0.3, -0.25) is 0 Å². The summed E-state index contributed by atoms with van der Waals surface area (Å²) in [6.07, 6.45) is 13.2. The van der Waals surface area contributed by atoms with Gasteiger partial charge in [0.25, 0.3) is 0 Å². The summed E-state index contributed by atoms with van der Waals surface area (Å²) in [7, 11) is 2.60. The second-order valence-corrected chi connectivity index (χ2v) is 31.4. The molecule has 0 spiro atoms. The molecule has 4 heteroatoms. The van der Waals surface area contributed by atoms with Crippen LogP contribution in [0.3, 0.4) is 0 Å². The summed E-state index contributed by atoms with van der Waals surface area (Å²) in [4.78, 5) is 2.72. The molecular formula is C74H90BN2O. The van der Waals surface area contributed by atoms with Crippen molar-refractivity contribution in [1.29, 1.82) is 0 Å². The third kappa shape index (κ3) is 8.06. The van der Waals surface area contributed by atoms with Gasteiger partial charge in [-0.15, -0.1) is 0 Å². The SMILES string of the molecule is CCCC1CC1c1cc(-c2c(Nc3ccc4c(c3)C(C)(C)CCC4(C)C)ccc3c2oc2cc4c(cc23)C(C)(C)CCC4(C)C)c2c(c1)N(c1ccc3c(c1)C(C)(C)CCC3(C)C)c1cc3c(cc1[B]2)C(C)(C)CCC3(C)C. The van der Waals surface area contributed by atoms with Crippen LogP contribution in [0.25, 0.3) is 33.1 Å². The van der Waals surface area contributed by atoms with Gasteiger partial charge < -0.3 is 14.6 Å². The second kappa shape index (κ2) is 16.9.